The Kier molecular flexibility index (Phi) is 6.20. The van der Waals surface area contributed by atoms with E-state index >= 15 is 0 Å². The molecule has 0 saturated carbocycles. The number of hydrogen-bond donors (Lipinski definition) is 1. The summed E-state index contributed by atoms with van der Waals surface area (Å²) in [6.45, 7) is 5.55. The van der Waals surface area contributed by atoms with Gasteiger partial charge >= 0.3 is 0 Å². The van der Waals surface area contributed by atoms with E-state index in [1.807, 2.05) is 74.5 Å². The monoisotopic (exact) mass is 499 g/mol. The number of nitrogens with one attached hydrogen (secondary N) is 1. The minimum Gasteiger partial charge on any atom is -0.497 e. The van der Waals surface area contributed by atoms with Gasteiger partial charge in [-0.3, -0.25) is 14.2 Å². The zero-order valence-electron chi connectivity index (χ0n) is 20.4. The number of benzene rings is 2. The van der Waals surface area contributed by atoms with Crippen molar-refractivity contribution in [1.82, 2.24) is 4.57 Å². The Morgan fingerprint density at radius 2 is 1.83 bits per heavy atom. The summed E-state index contributed by atoms with van der Waals surface area (Å²) in [5.41, 5.74) is 3.18. The molecular weight excluding hydrogens is 474 g/mol. The average Bonchev–Trinajstić information content (AvgIpc) is 3.43. The van der Waals surface area contributed by atoms with Gasteiger partial charge < -0.3 is 14.5 Å². The number of furan rings is 1. The molecule has 1 atom stereocenters. The molecule has 0 radical (unpaired) electrons. The molecule has 7 nitrogen and oxygen atoms in total. The van der Waals surface area contributed by atoms with Gasteiger partial charge in [0.05, 0.1) is 22.9 Å². The van der Waals surface area contributed by atoms with Gasteiger partial charge in [0.15, 0.2) is 4.80 Å². The number of para-hydroxylation sites is 1. The van der Waals surface area contributed by atoms with Crippen LogP contribution in [0.5, 0.6) is 5.75 Å². The number of fused-ring (bicyclic) bond motifs is 1. The number of methoxy groups -OCH3 is 1. The minimum absolute atomic E-state index is 0.234. The number of aryl methyl sites for hydroxylation is 2. The van der Waals surface area contributed by atoms with Gasteiger partial charge in [0.25, 0.3) is 11.5 Å². The first-order valence-electron chi connectivity index (χ1n) is 11.5. The van der Waals surface area contributed by atoms with E-state index in [2.05, 4.69) is 10.3 Å². The van der Waals surface area contributed by atoms with E-state index < -0.39 is 6.04 Å². The topological polar surface area (TPSA) is 85.8 Å². The molecule has 3 heterocycles. The van der Waals surface area contributed by atoms with Crippen molar-refractivity contribution in [2.24, 2.45) is 4.99 Å². The van der Waals surface area contributed by atoms with Crippen LogP contribution in [0.25, 0.3) is 6.08 Å². The summed E-state index contributed by atoms with van der Waals surface area (Å²) in [4.78, 5) is 32.5. The number of thiazole rings is 1. The van der Waals surface area contributed by atoms with Crippen molar-refractivity contribution < 1.29 is 13.9 Å². The highest BCUT2D eigenvalue weighted by Gasteiger charge is 2.34. The number of hydrogen-bond acceptors (Lipinski definition) is 6. The molecule has 0 bridgehead atoms. The van der Waals surface area contributed by atoms with Gasteiger partial charge in [0, 0.05) is 5.69 Å². The molecule has 1 amide bonds. The normalized spacial score (nSPS) is 15.4. The Labute approximate surface area is 211 Å². The summed E-state index contributed by atoms with van der Waals surface area (Å²) in [6, 6.07) is 17.9. The highest BCUT2D eigenvalue weighted by atomic mass is 32.1. The molecule has 0 unspecified atom stereocenters. The Bertz CT molecular complexity index is 1670. The molecule has 5 rings (SSSR count). The molecule has 0 spiro atoms. The largest absolute Gasteiger partial charge is 0.497 e. The van der Waals surface area contributed by atoms with Crippen molar-refractivity contribution >= 4 is 29.0 Å². The molecule has 2 aromatic heterocycles. The second-order valence-electron chi connectivity index (χ2n) is 8.57. The van der Waals surface area contributed by atoms with Crippen LogP contribution >= 0.6 is 11.3 Å². The van der Waals surface area contributed by atoms with Gasteiger partial charge in [-0.2, -0.15) is 0 Å². The van der Waals surface area contributed by atoms with E-state index in [4.69, 9.17) is 9.15 Å². The van der Waals surface area contributed by atoms with Crippen LogP contribution in [-0.2, 0) is 4.79 Å². The number of ether oxygens (including phenoxy) is 1. The second kappa shape index (κ2) is 9.47. The van der Waals surface area contributed by atoms with E-state index in [0.29, 0.717) is 37.8 Å². The maximum Gasteiger partial charge on any atom is 0.271 e. The third-order valence-corrected chi connectivity index (χ3v) is 7.09. The molecule has 8 heteroatoms. The average molecular weight is 500 g/mol. The van der Waals surface area contributed by atoms with Gasteiger partial charge in [0.1, 0.15) is 23.3 Å². The van der Waals surface area contributed by atoms with Gasteiger partial charge in [0.2, 0.25) is 0 Å². The lowest BCUT2D eigenvalue weighted by Gasteiger charge is -2.23. The summed E-state index contributed by atoms with van der Waals surface area (Å²) in [6.07, 6.45) is 1.82. The Morgan fingerprint density at radius 1 is 1.08 bits per heavy atom. The predicted molar refractivity (Wildman–Crippen MR) is 140 cm³/mol. The van der Waals surface area contributed by atoms with Gasteiger partial charge in [-0.15, -0.1) is 0 Å². The third kappa shape index (κ3) is 4.31. The number of allylic oxidation sites excluding steroid dienone is 1. The first-order chi connectivity index (χ1) is 17.4. The number of aromatic nitrogens is 1. The molecule has 36 heavy (non-hydrogen) atoms. The van der Waals surface area contributed by atoms with Crippen molar-refractivity contribution in [1.29, 1.82) is 0 Å². The van der Waals surface area contributed by atoms with Crippen LogP contribution in [0.15, 0.2) is 86.1 Å². The number of rotatable bonds is 5. The molecule has 1 aliphatic rings. The number of carbonyl (C=O) groups excluding carboxylic acids is 1. The quantitative estimate of drug-likeness (QED) is 0.448. The van der Waals surface area contributed by atoms with Crippen LogP contribution in [0.4, 0.5) is 5.69 Å². The Balaban J connectivity index is 1.64. The summed E-state index contributed by atoms with van der Waals surface area (Å²) in [5, 5.41) is 2.99. The molecule has 1 aliphatic heterocycles. The van der Waals surface area contributed by atoms with E-state index in [1.165, 1.54) is 11.3 Å². The predicted octanol–water partition coefficient (Wildman–Crippen LogP) is 4.09. The van der Waals surface area contributed by atoms with E-state index in [1.54, 1.807) is 24.7 Å². The van der Waals surface area contributed by atoms with Crippen LogP contribution in [0.3, 0.4) is 0 Å². The molecule has 1 N–H and O–H groups in total. The highest BCUT2D eigenvalue weighted by molar-refractivity contribution is 7.07. The van der Waals surface area contributed by atoms with Crippen LogP contribution in [0, 0.1) is 13.8 Å². The van der Waals surface area contributed by atoms with E-state index in [9.17, 15) is 9.59 Å². The summed E-state index contributed by atoms with van der Waals surface area (Å²) in [5.74, 6) is 1.61. The fraction of sp³-hybridized carbons (Fsp3) is 0.179. The van der Waals surface area contributed by atoms with Crippen molar-refractivity contribution in [2.75, 3.05) is 12.4 Å². The van der Waals surface area contributed by atoms with Crippen molar-refractivity contribution in [2.45, 2.75) is 26.8 Å². The number of anilines is 1. The maximum atomic E-state index is 13.7. The highest BCUT2D eigenvalue weighted by Crippen LogP contribution is 2.32. The number of carbonyl (C=O) groups is 1. The molecule has 182 valence electrons. The zero-order valence-corrected chi connectivity index (χ0v) is 21.2. The second-order valence-corrected chi connectivity index (χ2v) is 9.58. The van der Waals surface area contributed by atoms with Crippen LogP contribution in [-0.4, -0.2) is 17.6 Å². The third-order valence-electron chi connectivity index (χ3n) is 6.10. The first kappa shape index (κ1) is 23.6. The lowest BCUT2D eigenvalue weighted by molar-refractivity contribution is -0.113. The van der Waals surface area contributed by atoms with E-state index in [-0.39, 0.29) is 11.5 Å². The fourth-order valence-electron chi connectivity index (χ4n) is 4.24. The van der Waals surface area contributed by atoms with E-state index in [0.717, 1.165) is 16.9 Å². The van der Waals surface area contributed by atoms with Crippen LogP contribution in [0.2, 0.25) is 0 Å². The SMILES string of the molecule is COc1ccc(/C=c2/sc3n(c2=O)[C@@H](c2ccc(C)o2)C(C(=O)Nc2ccccc2C)=C(C)N=3)cc1. The molecule has 0 saturated heterocycles. The van der Waals surface area contributed by atoms with Crippen molar-refractivity contribution in [3.05, 3.63) is 114 Å². The molecular formula is C28H25N3O4S. The standard InChI is InChI=1S/C28H25N3O4S/c1-16-7-5-6-8-21(16)30-26(32)24-18(3)29-28-31(25(24)22-14-9-17(2)35-22)27(33)23(36-28)15-19-10-12-20(34-4)13-11-19/h5-15,25H,1-4H3,(H,30,32)/b23-15+/t25-/m0/s1. The van der Waals surface area contributed by atoms with Gasteiger partial charge in [-0.1, -0.05) is 41.7 Å². The van der Waals surface area contributed by atoms with Crippen LogP contribution in [0.1, 0.15) is 35.6 Å². The maximum absolute atomic E-state index is 13.7. The molecule has 0 fully saturated rings. The molecule has 2 aromatic carbocycles. The molecule has 4 aromatic rings. The smallest absolute Gasteiger partial charge is 0.271 e. The number of nitrogens with zero attached hydrogens (tertiary/aromatic N) is 2. The summed E-state index contributed by atoms with van der Waals surface area (Å²) >= 11 is 1.29. The summed E-state index contributed by atoms with van der Waals surface area (Å²) in [7, 11) is 1.61. The van der Waals surface area contributed by atoms with Crippen molar-refractivity contribution in [3.63, 3.8) is 0 Å². The van der Waals surface area contributed by atoms with Crippen molar-refractivity contribution in [3.8, 4) is 5.75 Å². The zero-order chi connectivity index (χ0) is 25.4. The minimum atomic E-state index is -0.739. The van der Waals surface area contributed by atoms with Gasteiger partial charge in [-0.25, -0.2) is 4.99 Å². The summed E-state index contributed by atoms with van der Waals surface area (Å²) < 4.78 is 13.2. The number of amides is 1. The Morgan fingerprint density at radius 3 is 2.50 bits per heavy atom. The fourth-order valence-corrected chi connectivity index (χ4v) is 5.28. The molecule has 0 aliphatic carbocycles. The Hall–Kier alpha value is -4.17. The first-order valence-corrected chi connectivity index (χ1v) is 12.3. The lowest BCUT2D eigenvalue weighted by atomic mass is 10.00. The van der Waals surface area contributed by atoms with Gasteiger partial charge in [-0.05, 0) is 68.3 Å². The van der Waals surface area contributed by atoms with Crippen LogP contribution < -0.4 is 24.9 Å². The lowest BCUT2D eigenvalue weighted by Crippen LogP contribution is -2.40.